The second-order valence-electron chi connectivity index (χ2n) is 6.94. The van der Waals surface area contributed by atoms with Gasteiger partial charge in [-0.2, -0.15) is 0 Å². The third-order valence-electron chi connectivity index (χ3n) is 5.10. The Hall–Kier alpha value is -3.55. The second kappa shape index (κ2) is 9.30. The van der Waals surface area contributed by atoms with Crippen LogP contribution in [-0.2, 0) is 16.0 Å². The molecular weight excluding hydrogens is 386 g/mol. The fourth-order valence-corrected chi connectivity index (χ4v) is 3.31. The third kappa shape index (κ3) is 4.53. The van der Waals surface area contributed by atoms with Crippen LogP contribution in [0.5, 0.6) is 11.5 Å². The molecule has 0 aliphatic carbocycles. The molecule has 0 bridgehead atoms. The molecule has 30 heavy (non-hydrogen) atoms. The van der Waals surface area contributed by atoms with Crippen molar-refractivity contribution in [3.8, 4) is 11.5 Å². The first kappa shape index (κ1) is 21.2. The molecule has 1 saturated heterocycles. The predicted molar refractivity (Wildman–Crippen MR) is 111 cm³/mol. The maximum Gasteiger partial charge on any atom is 0.269 e. The number of carbonyl (C=O) groups excluding carboxylic acids is 3. The number of rotatable bonds is 6. The predicted octanol–water partition coefficient (Wildman–Crippen LogP) is 2.08. The highest BCUT2D eigenvalue weighted by molar-refractivity contribution is 6.02. The zero-order chi connectivity index (χ0) is 21.7. The standard InChI is InChI=1S/C22H25N3O5/c1-4-14-5-7-15(8-6-14)21(27)23-24-22(28)16-11-20(26)25(13-16)18-12-17(29-2)9-10-19(18)30-3/h5-10,12,16H,4,11,13H2,1-3H3,(H,23,27)(H,24,28). The molecule has 0 saturated carbocycles. The van der Waals surface area contributed by atoms with E-state index in [-0.39, 0.29) is 18.9 Å². The van der Waals surface area contributed by atoms with Gasteiger partial charge in [0.25, 0.3) is 5.91 Å². The first-order chi connectivity index (χ1) is 14.5. The van der Waals surface area contributed by atoms with Crippen LogP contribution in [0.2, 0.25) is 0 Å². The zero-order valence-electron chi connectivity index (χ0n) is 17.2. The molecule has 2 aromatic rings. The van der Waals surface area contributed by atoms with Gasteiger partial charge in [-0.15, -0.1) is 0 Å². The molecule has 3 rings (SSSR count). The van der Waals surface area contributed by atoms with Gasteiger partial charge in [0.2, 0.25) is 11.8 Å². The minimum absolute atomic E-state index is 0.0350. The summed E-state index contributed by atoms with van der Waals surface area (Å²) in [5, 5.41) is 0. The largest absolute Gasteiger partial charge is 0.497 e. The molecule has 1 aliphatic heterocycles. The van der Waals surface area contributed by atoms with E-state index < -0.39 is 17.7 Å². The Balaban J connectivity index is 1.63. The zero-order valence-corrected chi connectivity index (χ0v) is 17.2. The number of ether oxygens (including phenoxy) is 2. The minimum atomic E-state index is -0.601. The van der Waals surface area contributed by atoms with E-state index in [2.05, 4.69) is 10.9 Å². The van der Waals surface area contributed by atoms with E-state index in [1.807, 2.05) is 19.1 Å². The number of carbonyl (C=O) groups is 3. The SMILES string of the molecule is CCc1ccc(C(=O)NNC(=O)C2CC(=O)N(c3cc(OC)ccc3OC)C2)cc1. The average molecular weight is 411 g/mol. The van der Waals surface area contributed by atoms with Crippen LogP contribution in [0.4, 0.5) is 5.69 Å². The lowest BCUT2D eigenvalue weighted by Gasteiger charge is -2.20. The van der Waals surface area contributed by atoms with Crippen LogP contribution >= 0.6 is 0 Å². The second-order valence-corrected chi connectivity index (χ2v) is 6.94. The highest BCUT2D eigenvalue weighted by Crippen LogP contribution is 2.36. The molecule has 1 atom stereocenters. The summed E-state index contributed by atoms with van der Waals surface area (Å²) < 4.78 is 10.6. The third-order valence-corrected chi connectivity index (χ3v) is 5.10. The van der Waals surface area contributed by atoms with Crippen molar-refractivity contribution in [3.05, 3.63) is 53.6 Å². The molecule has 1 aliphatic rings. The lowest BCUT2D eigenvalue weighted by molar-refractivity contribution is -0.126. The van der Waals surface area contributed by atoms with Crippen molar-refractivity contribution in [2.75, 3.05) is 25.7 Å². The van der Waals surface area contributed by atoms with E-state index >= 15 is 0 Å². The number of nitrogens with zero attached hydrogens (tertiary/aromatic N) is 1. The highest BCUT2D eigenvalue weighted by Gasteiger charge is 2.36. The number of nitrogens with one attached hydrogen (secondary N) is 2. The molecule has 8 heteroatoms. The molecule has 8 nitrogen and oxygen atoms in total. The molecule has 3 amide bonds. The van der Waals surface area contributed by atoms with Crippen LogP contribution < -0.4 is 25.2 Å². The summed E-state index contributed by atoms with van der Waals surface area (Å²) in [7, 11) is 3.05. The number of methoxy groups -OCH3 is 2. The molecule has 1 heterocycles. The van der Waals surface area contributed by atoms with Crippen molar-refractivity contribution in [1.82, 2.24) is 10.9 Å². The minimum Gasteiger partial charge on any atom is -0.497 e. The van der Waals surface area contributed by atoms with Crippen LogP contribution in [-0.4, -0.2) is 38.5 Å². The summed E-state index contributed by atoms with van der Waals surface area (Å²) in [6.07, 6.45) is 0.913. The number of aryl methyl sites for hydroxylation is 1. The number of benzene rings is 2. The molecule has 0 radical (unpaired) electrons. The van der Waals surface area contributed by atoms with Gasteiger partial charge in [-0.3, -0.25) is 25.2 Å². The van der Waals surface area contributed by atoms with Gasteiger partial charge < -0.3 is 14.4 Å². The van der Waals surface area contributed by atoms with Crippen molar-refractivity contribution < 1.29 is 23.9 Å². The van der Waals surface area contributed by atoms with E-state index in [4.69, 9.17) is 9.47 Å². The molecule has 158 valence electrons. The van der Waals surface area contributed by atoms with Gasteiger partial charge in [-0.1, -0.05) is 19.1 Å². The van der Waals surface area contributed by atoms with Crippen LogP contribution in [0.1, 0.15) is 29.3 Å². The van der Waals surface area contributed by atoms with E-state index in [9.17, 15) is 14.4 Å². The van der Waals surface area contributed by atoms with Crippen molar-refractivity contribution >= 4 is 23.4 Å². The smallest absolute Gasteiger partial charge is 0.269 e. The van der Waals surface area contributed by atoms with Crippen molar-refractivity contribution in [2.45, 2.75) is 19.8 Å². The van der Waals surface area contributed by atoms with Crippen molar-refractivity contribution in [3.63, 3.8) is 0 Å². The van der Waals surface area contributed by atoms with Crippen molar-refractivity contribution in [1.29, 1.82) is 0 Å². The monoisotopic (exact) mass is 411 g/mol. The van der Waals surface area contributed by atoms with Gasteiger partial charge >= 0.3 is 0 Å². The van der Waals surface area contributed by atoms with Crippen molar-refractivity contribution in [2.24, 2.45) is 5.92 Å². The van der Waals surface area contributed by atoms with Gasteiger partial charge in [0, 0.05) is 24.6 Å². The molecule has 0 aromatic heterocycles. The van der Waals surface area contributed by atoms with Crippen LogP contribution in [0.3, 0.4) is 0 Å². The molecule has 0 spiro atoms. The first-order valence-corrected chi connectivity index (χ1v) is 9.68. The van der Waals surface area contributed by atoms with E-state index in [1.54, 1.807) is 30.3 Å². The summed E-state index contributed by atoms with van der Waals surface area (Å²) in [4.78, 5) is 38.8. The van der Waals surface area contributed by atoms with Crippen LogP contribution in [0, 0.1) is 5.92 Å². The van der Waals surface area contributed by atoms with E-state index in [1.165, 1.54) is 19.1 Å². The molecule has 1 unspecified atom stereocenters. The van der Waals surface area contributed by atoms with Gasteiger partial charge in [0.1, 0.15) is 11.5 Å². The van der Waals surface area contributed by atoms with E-state index in [0.717, 1.165) is 12.0 Å². The first-order valence-electron chi connectivity index (χ1n) is 9.68. The van der Waals surface area contributed by atoms with Crippen LogP contribution in [0.15, 0.2) is 42.5 Å². The number of amides is 3. The Bertz CT molecular complexity index is 942. The van der Waals surface area contributed by atoms with Crippen LogP contribution in [0.25, 0.3) is 0 Å². The number of hydrogen-bond acceptors (Lipinski definition) is 5. The Morgan fingerprint density at radius 2 is 1.80 bits per heavy atom. The van der Waals surface area contributed by atoms with Gasteiger partial charge in [-0.05, 0) is 36.2 Å². The Morgan fingerprint density at radius 1 is 1.07 bits per heavy atom. The highest BCUT2D eigenvalue weighted by atomic mass is 16.5. The summed E-state index contributed by atoms with van der Waals surface area (Å²) in [6.45, 7) is 2.21. The summed E-state index contributed by atoms with van der Waals surface area (Å²) >= 11 is 0. The lowest BCUT2D eigenvalue weighted by atomic mass is 10.1. The fraction of sp³-hybridized carbons (Fsp3) is 0.318. The van der Waals surface area contributed by atoms with E-state index in [0.29, 0.717) is 22.7 Å². The topological polar surface area (TPSA) is 97.0 Å². The number of hydrazine groups is 1. The van der Waals surface area contributed by atoms with Gasteiger partial charge in [0.15, 0.2) is 0 Å². The summed E-state index contributed by atoms with van der Waals surface area (Å²) in [5.41, 5.74) is 6.93. The fourth-order valence-electron chi connectivity index (χ4n) is 3.31. The Labute approximate surface area is 175 Å². The van der Waals surface area contributed by atoms with Gasteiger partial charge in [0.05, 0.1) is 25.8 Å². The lowest BCUT2D eigenvalue weighted by Crippen LogP contribution is -2.45. The quantitative estimate of drug-likeness (QED) is 0.710. The molecule has 2 aromatic carbocycles. The summed E-state index contributed by atoms with van der Waals surface area (Å²) in [6, 6.07) is 12.3. The van der Waals surface area contributed by atoms with Gasteiger partial charge in [-0.25, -0.2) is 0 Å². The maximum atomic E-state index is 12.5. The number of anilines is 1. The Kier molecular flexibility index (Phi) is 6.56. The molecule has 2 N–H and O–H groups in total. The number of hydrogen-bond donors (Lipinski definition) is 2. The average Bonchev–Trinajstić information content (AvgIpc) is 3.18. The molecular formula is C22H25N3O5. The molecule has 1 fully saturated rings. The summed E-state index contributed by atoms with van der Waals surface area (Å²) in [5.74, 6) is -0.561. The maximum absolute atomic E-state index is 12.5. The normalized spacial score (nSPS) is 15.6. The Morgan fingerprint density at radius 3 is 2.43 bits per heavy atom.